The third-order valence-electron chi connectivity index (χ3n) is 4.01. The Morgan fingerprint density at radius 3 is 2.56 bits per heavy atom. The molecule has 0 amide bonds. The topological polar surface area (TPSA) is 82.1 Å². The van der Waals surface area contributed by atoms with E-state index in [9.17, 15) is 17.6 Å². The van der Waals surface area contributed by atoms with Crippen LogP contribution in [-0.2, 0) is 14.8 Å². The Morgan fingerprint density at radius 1 is 1.15 bits per heavy atom. The molecule has 1 saturated heterocycles. The lowest BCUT2D eigenvalue weighted by Gasteiger charge is -2.26. The maximum absolute atomic E-state index is 13.3. The van der Waals surface area contributed by atoms with Crippen LogP contribution in [0.15, 0.2) is 47.4 Å². The summed E-state index contributed by atoms with van der Waals surface area (Å²) >= 11 is 0. The highest BCUT2D eigenvalue weighted by molar-refractivity contribution is 7.89. The molecular weight excluding hydrogens is 377 g/mol. The minimum Gasteiger partial charge on any atom is -0.496 e. The summed E-state index contributed by atoms with van der Waals surface area (Å²) in [4.78, 5) is 12.4. The van der Waals surface area contributed by atoms with E-state index in [0.717, 1.165) is 6.07 Å². The Labute approximate surface area is 156 Å². The second kappa shape index (κ2) is 8.03. The van der Waals surface area contributed by atoms with E-state index in [2.05, 4.69) is 0 Å². The Morgan fingerprint density at radius 2 is 1.89 bits per heavy atom. The zero-order valence-electron chi connectivity index (χ0n) is 14.6. The van der Waals surface area contributed by atoms with E-state index in [1.165, 1.54) is 47.8 Å². The van der Waals surface area contributed by atoms with Crippen molar-refractivity contribution in [3.05, 3.63) is 53.8 Å². The molecule has 1 aliphatic heterocycles. The van der Waals surface area contributed by atoms with Crippen LogP contribution in [0.2, 0.25) is 0 Å². The Bertz CT molecular complexity index is 941. The van der Waals surface area contributed by atoms with Crippen LogP contribution in [0, 0.1) is 5.82 Å². The highest BCUT2D eigenvalue weighted by atomic mass is 32.2. The molecule has 0 aromatic heterocycles. The van der Waals surface area contributed by atoms with Crippen LogP contribution in [0.1, 0.15) is 10.4 Å². The molecule has 0 N–H and O–H groups in total. The van der Waals surface area contributed by atoms with E-state index in [1.54, 1.807) is 0 Å². The van der Waals surface area contributed by atoms with Crippen molar-refractivity contribution in [2.45, 2.75) is 4.90 Å². The molecule has 0 aliphatic carbocycles. The summed E-state index contributed by atoms with van der Waals surface area (Å²) in [5.41, 5.74) is -0.0731. The normalized spacial score (nSPS) is 15.3. The molecule has 0 bridgehead atoms. The van der Waals surface area contributed by atoms with Crippen molar-refractivity contribution in [2.24, 2.45) is 0 Å². The van der Waals surface area contributed by atoms with E-state index in [4.69, 9.17) is 14.2 Å². The van der Waals surface area contributed by atoms with Crippen molar-refractivity contribution < 1.29 is 31.8 Å². The van der Waals surface area contributed by atoms with Gasteiger partial charge in [0.15, 0.2) is 0 Å². The number of halogens is 1. The molecule has 1 aliphatic rings. The van der Waals surface area contributed by atoms with Crippen LogP contribution in [-0.4, -0.2) is 52.1 Å². The van der Waals surface area contributed by atoms with Crippen LogP contribution in [0.25, 0.3) is 0 Å². The maximum atomic E-state index is 13.3. The predicted octanol–water partition coefficient (Wildman–Crippen LogP) is 2.07. The van der Waals surface area contributed by atoms with E-state index >= 15 is 0 Å². The van der Waals surface area contributed by atoms with Gasteiger partial charge in [-0.2, -0.15) is 4.31 Å². The summed E-state index contributed by atoms with van der Waals surface area (Å²) in [5.74, 6) is -1.26. The number of esters is 1. The molecule has 0 atom stereocenters. The third-order valence-corrected chi connectivity index (χ3v) is 5.90. The molecule has 0 unspecified atom stereocenters. The predicted molar refractivity (Wildman–Crippen MR) is 93.9 cm³/mol. The summed E-state index contributed by atoms with van der Waals surface area (Å²) in [6, 6.07) is 9.03. The van der Waals surface area contributed by atoms with Crippen molar-refractivity contribution in [3.63, 3.8) is 0 Å². The van der Waals surface area contributed by atoms with Crippen LogP contribution in [0.5, 0.6) is 11.5 Å². The zero-order valence-corrected chi connectivity index (χ0v) is 15.4. The average Bonchev–Trinajstić information content (AvgIpc) is 2.68. The number of sulfonamides is 1. The highest BCUT2D eigenvalue weighted by Crippen LogP contribution is 2.26. The SMILES string of the molecule is COc1ccc(S(=O)(=O)N2CCOCC2)cc1C(=O)Oc1cccc(F)c1. The number of ether oxygens (including phenoxy) is 3. The molecule has 9 heteroatoms. The second-order valence-corrected chi connectivity index (χ2v) is 7.66. The average molecular weight is 395 g/mol. The minimum absolute atomic E-state index is 0.00323. The lowest BCUT2D eigenvalue weighted by atomic mass is 10.2. The smallest absolute Gasteiger partial charge is 0.347 e. The first-order chi connectivity index (χ1) is 12.9. The molecule has 0 spiro atoms. The molecule has 144 valence electrons. The zero-order chi connectivity index (χ0) is 19.4. The molecule has 1 heterocycles. The van der Waals surface area contributed by atoms with Gasteiger partial charge < -0.3 is 14.2 Å². The van der Waals surface area contributed by atoms with Crippen molar-refractivity contribution >= 4 is 16.0 Å². The summed E-state index contributed by atoms with van der Waals surface area (Å²) in [6.45, 7) is 1.09. The van der Waals surface area contributed by atoms with Crippen LogP contribution >= 0.6 is 0 Å². The van der Waals surface area contributed by atoms with Gasteiger partial charge in [-0.1, -0.05) is 6.07 Å². The number of carbonyl (C=O) groups excluding carboxylic acids is 1. The highest BCUT2D eigenvalue weighted by Gasteiger charge is 2.28. The fourth-order valence-electron chi connectivity index (χ4n) is 2.64. The van der Waals surface area contributed by atoms with Crippen LogP contribution in [0.4, 0.5) is 4.39 Å². The number of methoxy groups -OCH3 is 1. The number of nitrogens with zero attached hydrogens (tertiary/aromatic N) is 1. The Kier molecular flexibility index (Phi) is 5.73. The van der Waals surface area contributed by atoms with Gasteiger partial charge in [-0.3, -0.25) is 0 Å². The van der Waals surface area contributed by atoms with Gasteiger partial charge in [0.2, 0.25) is 10.0 Å². The van der Waals surface area contributed by atoms with Gasteiger partial charge in [-0.05, 0) is 30.3 Å². The summed E-state index contributed by atoms with van der Waals surface area (Å²) in [5, 5.41) is 0. The monoisotopic (exact) mass is 395 g/mol. The number of hydrogen-bond acceptors (Lipinski definition) is 6. The van der Waals surface area contributed by atoms with Crippen molar-refractivity contribution in [1.82, 2.24) is 4.31 Å². The van der Waals surface area contributed by atoms with E-state index in [-0.39, 0.29) is 35.0 Å². The van der Waals surface area contributed by atoms with E-state index < -0.39 is 21.8 Å². The number of hydrogen-bond donors (Lipinski definition) is 0. The third kappa shape index (κ3) is 4.26. The molecular formula is C18H18FNO6S. The summed E-state index contributed by atoms with van der Waals surface area (Å²) < 4.78 is 55.6. The van der Waals surface area contributed by atoms with Crippen LogP contribution in [0.3, 0.4) is 0 Å². The fourth-order valence-corrected chi connectivity index (χ4v) is 4.07. The summed E-state index contributed by atoms with van der Waals surface area (Å²) in [7, 11) is -2.44. The van der Waals surface area contributed by atoms with E-state index in [1.807, 2.05) is 0 Å². The fraction of sp³-hybridized carbons (Fsp3) is 0.278. The van der Waals surface area contributed by atoms with Crippen molar-refractivity contribution in [1.29, 1.82) is 0 Å². The molecule has 1 fully saturated rings. The molecule has 0 radical (unpaired) electrons. The van der Waals surface area contributed by atoms with Crippen molar-refractivity contribution in [3.8, 4) is 11.5 Å². The molecule has 27 heavy (non-hydrogen) atoms. The molecule has 3 rings (SSSR count). The Hall–Kier alpha value is -2.49. The lowest BCUT2D eigenvalue weighted by Crippen LogP contribution is -2.40. The Balaban J connectivity index is 1.92. The first kappa shape index (κ1) is 19.3. The second-order valence-electron chi connectivity index (χ2n) is 5.73. The molecule has 2 aromatic carbocycles. The van der Waals surface area contributed by atoms with Gasteiger partial charge in [-0.25, -0.2) is 17.6 Å². The quantitative estimate of drug-likeness (QED) is 0.570. The number of carbonyl (C=O) groups is 1. The first-order valence-electron chi connectivity index (χ1n) is 8.15. The standard InChI is InChI=1S/C18H18FNO6S/c1-24-17-6-5-15(27(22,23)20-7-9-25-10-8-20)12-16(17)18(21)26-14-4-2-3-13(19)11-14/h2-6,11-12H,7-10H2,1H3. The first-order valence-corrected chi connectivity index (χ1v) is 9.59. The number of benzene rings is 2. The van der Waals surface area contributed by atoms with Gasteiger partial charge in [-0.15, -0.1) is 0 Å². The van der Waals surface area contributed by atoms with Gasteiger partial charge in [0.1, 0.15) is 22.9 Å². The van der Waals surface area contributed by atoms with E-state index in [0.29, 0.717) is 13.2 Å². The molecule has 0 saturated carbocycles. The maximum Gasteiger partial charge on any atom is 0.347 e. The van der Waals surface area contributed by atoms with Gasteiger partial charge in [0, 0.05) is 19.2 Å². The van der Waals surface area contributed by atoms with Gasteiger partial charge >= 0.3 is 5.97 Å². The summed E-state index contributed by atoms with van der Waals surface area (Å²) in [6.07, 6.45) is 0. The number of morpholine rings is 1. The van der Waals surface area contributed by atoms with Crippen molar-refractivity contribution in [2.75, 3.05) is 33.4 Å². The minimum atomic E-state index is -3.79. The van der Waals surface area contributed by atoms with Crippen LogP contribution < -0.4 is 9.47 Å². The number of rotatable bonds is 5. The molecule has 2 aromatic rings. The lowest BCUT2D eigenvalue weighted by molar-refractivity contribution is 0.0725. The van der Waals surface area contributed by atoms with Gasteiger partial charge in [0.25, 0.3) is 0 Å². The molecule has 7 nitrogen and oxygen atoms in total. The largest absolute Gasteiger partial charge is 0.496 e. The van der Waals surface area contributed by atoms with Gasteiger partial charge in [0.05, 0.1) is 25.2 Å².